The maximum atomic E-state index is 13.2. The molecule has 0 saturated carbocycles. The molecule has 2 aliphatic heterocycles. The lowest BCUT2D eigenvalue weighted by Gasteiger charge is -2.34. The normalized spacial score (nSPS) is 14.9. The fraction of sp³-hybridized carbons (Fsp3) is 0.348. The molecule has 6 aromatic rings. The number of ether oxygens (including phenoxy) is 5. The standard InChI is InChI=1S/C23H27N3O5S2.C23H27N3O4S2/c1-29-19-6-4-5-17(14-19)13-18-16-32-23(24-18)25-9-11-26(12-10-25)33(27,28)22-8-7-20(30-2)15-21(22)31-3;1-17-5-4-6-18(13-17)14-19-16-31-23(24-19)25-9-11-26(12-10-25)32(27,28)22-8-7-20(29-2)15-21(22)30-3/h4-8,14-16H,9-13H2,1-3H3;4-8,13,15-16H,9-12,14H2,1-3H3. The molecule has 0 radical (unpaired) electrons. The number of anilines is 2. The number of benzene rings is 4. The average Bonchev–Trinajstić information content (AvgIpc) is 4.01. The summed E-state index contributed by atoms with van der Waals surface area (Å²) in [5.74, 6) is 2.49. The third kappa shape index (κ3) is 11.3. The number of aromatic nitrogens is 2. The van der Waals surface area contributed by atoms with Crippen molar-refractivity contribution in [3.05, 3.63) is 124 Å². The molecule has 0 unspecified atom stereocenters. The van der Waals surface area contributed by atoms with Crippen LogP contribution in [0.3, 0.4) is 0 Å². The molecule has 4 aromatic carbocycles. The number of aryl methyl sites for hydroxylation is 1. The van der Waals surface area contributed by atoms with Crippen LogP contribution in [-0.4, -0.2) is 123 Å². The fourth-order valence-electron chi connectivity index (χ4n) is 7.56. The first kappa shape index (κ1) is 47.5. The molecule has 65 heavy (non-hydrogen) atoms. The van der Waals surface area contributed by atoms with Gasteiger partial charge in [0.2, 0.25) is 20.0 Å². The molecule has 0 bridgehead atoms. The minimum atomic E-state index is -3.68. The Balaban J connectivity index is 0.000000194. The fourth-order valence-corrected chi connectivity index (χ4v) is 12.4. The van der Waals surface area contributed by atoms with Crippen LogP contribution in [0.25, 0.3) is 0 Å². The molecule has 0 aliphatic carbocycles. The molecule has 2 fully saturated rings. The monoisotopic (exact) mass is 962 g/mol. The highest BCUT2D eigenvalue weighted by molar-refractivity contribution is 7.89. The highest BCUT2D eigenvalue weighted by Crippen LogP contribution is 2.34. The van der Waals surface area contributed by atoms with E-state index in [1.165, 1.54) is 60.3 Å². The van der Waals surface area contributed by atoms with Crippen LogP contribution in [0, 0.1) is 6.92 Å². The van der Waals surface area contributed by atoms with E-state index in [0.717, 1.165) is 45.8 Å². The van der Waals surface area contributed by atoms with Gasteiger partial charge in [-0.2, -0.15) is 8.61 Å². The molecule has 0 N–H and O–H groups in total. The topological polar surface area (TPSA) is 153 Å². The van der Waals surface area contributed by atoms with Gasteiger partial charge in [-0.3, -0.25) is 0 Å². The molecular formula is C46H54N6O9S4. The summed E-state index contributed by atoms with van der Waals surface area (Å²) in [5.41, 5.74) is 5.64. The summed E-state index contributed by atoms with van der Waals surface area (Å²) in [6.45, 7) is 5.96. The summed E-state index contributed by atoms with van der Waals surface area (Å²) in [6.07, 6.45) is 1.52. The number of nitrogens with zero attached hydrogens (tertiary/aromatic N) is 6. The van der Waals surface area contributed by atoms with E-state index in [1.807, 2.05) is 18.2 Å². The van der Waals surface area contributed by atoms with E-state index in [9.17, 15) is 16.8 Å². The highest BCUT2D eigenvalue weighted by atomic mass is 32.2. The second kappa shape index (κ2) is 21.2. The zero-order valence-electron chi connectivity index (χ0n) is 37.3. The Bertz CT molecular complexity index is 2770. The first-order chi connectivity index (χ1) is 31.3. The zero-order chi connectivity index (χ0) is 46.1. The van der Waals surface area contributed by atoms with E-state index >= 15 is 0 Å². The summed E-state index contributed by atoms with van der Waals surface area (Å²) in [5, 5.41) is 5.99. The molecule has 0 spiro atoms. The third-order valence-electron chi connectivity index (χ3n) is 11.1. The molecule has 4 heterocycles. The molecule has 2 saturated heterocycles. The Morgan fingerprint density at radius 1 is 0.508 bits per heavy atom. The molecule has 0 atom stereocenters. The van der Waals surface area contributed by atoms with Crippen LogP contribution >= 0.6 is 22.7 Å². The number of sulfonamides is 2. The van der Waals surface area contributed by atoms with Gasteiger partial charge in [-0.15, -0.1) is 22.7 Å². The number of hydrogen-bond donors (Lipinski definition) is 0. The zero-order valence-corrected chi connectivity index (χ0v) is 40.6. The van der Waals surface area contributed by atoms with E-state index in [-0.39, 0.29) is 21.3 Å². The van der Waals surface area contributed by atoms with Gasteiger partial charge in [0.15, 0.2) is 10.3 Å². The molecule has 2 aromatic heterocycles. The first-order valence-electron chi connectivity index (χ1n) is 20.9. The van der Waals surface area contributed by atoms with Crippen LogP contribution in [0.5, 0.6) is 28.7 Å². The van der Waals surface area contributed by atoms with Crippen LogP contribution in [-0.2, 0) is 32.9 Å². The van der Waals surface area contributed by atoms with Gasteiger partial charge in [0.1, 0.15) is 38.5 Å². The van der Waals surface area contributed by atoms with Crippen molar-refractivity contribution in [3.63, 3.8) is 0 Å². The SMILES string of the molecule is COc1ccc(S(=O)(=O)N2CCN(c3nc(Cc4cccc(C)c4)cs3)CC2)c(OC)c1.COc1cccc(Cc2csc(N3CCN(S(=O)(=O)c4ccc(OC)cc4OC)CC3)n2)c1. The maximum Gasteiger partial charge on any atom is 0.246 e. The minimum Gasteiger partial charge on any atom is -0.497 e. The Hall–Kier alpha value is -5.44. The van der Waals surface area contributed by atoms with Gasteiger partial charge in [0.05, 0.1) is 46.9 Å². The molecule has 346 valence electrons. The number of piperazine rings is 2. The third-order valence-corrected chi connectivity index (χ3v) is 16.8. The highest BCUT2D eigenvalue weighted by Gasteiger charge is 2.33. The van der Waals surface area contributed by atoms with Gasteiger partial charge in [0, 0.05) is 88.1 Å². The molecule has 8 rings (SSSR count). The summed E-state index contributed by atoms with van der Waals surface area (Å²) in [7, 11) is 0.293. The molecule has 2 aliphatic rings. The number of hydrogen-bond acceptors (Lipinski definition) is 15. The van der Waals surface area contributed by atoms with Gasteiger partial charge >= 0.3 is 0 Å². The van der Waals surface area contributed by atoms with Crippen molar-refractivity contribution in [2.75, 3.05) is 97.7 Å². The van der Waals surface area contributed by atoms with Gasteiger partial charge < -0.3 is 33.5 Å². The van der Waals surface area contributed by atoms with Crippen molar-refractivity contribution in [2.45, 2.75) is 29.6 Å². The first-order valence-corrected chi connectivity index (χ1v) is 25.5. The summed E-state index contributed by atoms with van der Waals surface area (Å²) >= 11 is 3.19. The van der Waals surface area contributed by atoms with Crippen molar-refractivity contribution in [2.24, 2.45) is 0 Å². The van der Waals surface area contributed by atoms with Crippen molar-refractivity contribution in [1.82, 2.24) is 18.6 Å². The van der Waals surface area contributed by atoms with Crippen LogP contribution in [0.1, 0.15) is 28.1 Å². The van der Waals surface area contributed by atoms with Gasteiger partial charge in [-0.25, -0.2) is 26.8 Å². The summed E-state index contributed by atoms with van der Waals surface area (Å²) < 4.78 is 82.2. The van der Waals surface area contributed by atoms with E-state index in [0.29, 0.717) is 63.9 Å². The number of rotatable bonds is 15. The van der Waals surface area contributed by atoms with Crippen molar-refractivity contribution >= 4 is 53.0 Å². The quantitative estimate of drug-likeness (QED) is 0.106. The Kier molecular flexibility index (Phi) is 15.5. The number of thiazole rings is 2. The smallest absolute Gasteiger partial charge is 0.246 e. The lowest BCUT2D eigenvalue weighted by Crippen LogP contribution is -2.48. The van der Waals surface area contributed by atoms with Crippen LogP contribution < -0.4 is 33.5 Å². The van der Waals surface area contributed by atoms with Crippen LogP contribution in [0.15, 0.2) is 105 Å². The Morgan fingerprint density at radius 2 is 0.923 bits per heavy atom. The second-order valence-electron chi connectivity index (χ2n) is 15.3. The van der Waals surface area contributed by atoms with E-state index in [1.54, 1.807) is 54.0 Å². The van der Waals surface area contributed by atoms with Crippen molar-refractivity contribution in [3.8, 4) is 28.7 Å². The van der Waals surface area contributed by atoms with Crippen LogP contribution in [0.2, 0.25) is 0 Å². The van der Waals surface area contributed by atoms with Gasteiger partial charge in [-0.1, -0.05) is 42.0 Å². The number of methoxy groups -OCH3 is 5. The molecule has 15 nitrogen and oxygen atoms in total. The molecule has 19 heteroatoms. The second-order valence-corrected chi connectivity index (χ2v) is 20.7. The Labute approximate surface area is 389 Å². The predicted octanol–water partition coefficient (Wildman–Crippen LogP) is 6.84. The van der Waals surface area contributed by atoms with Crippen LogP contribution in [0.4, 0.5) is 10.3 Å². The van der Waals surface area contributed by atoms with Gasteiger partial charge in [-0.05, 0) is 54.4 Å². The van der Waals surface area contributed by atoms with Crippen molar-refractivity contribution < 1.29 is 40.5 Å². The van der Waals surface area contributed by atoms with Crippen molar-refractivity contribution in [1.29, 1.82) is 0 Å². The van der Waals surface area contributed by atoms with Gasteiger partial charge in [0.25, 0.3) is 0 Å². The molecule has 0 amide bonds. The predicted molar refractivity (Wildman–Crippen MR) is 255 cm³/mol. The average molecular weight is 963 g/mol. The molecular weight excluding hydrogens is 909 g/mol. The summed E-state index contributed by atoms with van der Waals surface area (Å²) in [4.78, 5) is 14.2. The van der Waals surface area contributed by atoms with E-state index in [2.05, 4.69) is 57.8 Å². The lowest BCUT2D eigenvalue weighted by molar-refractivity contribution is 0.369. The Morgan fingerprint density at radius 3 is 1.34 bits per heavy atom. The summed E-state index contributed by atoms with van der Waals surface area (Å²) in [6, 6.07) is 25.9. The van der Waals surface area contributed by atoms with E-state index in [4.69, 9.17) is 33.7 Å². The lowest BCUT2D eigenvalue weighted by atomic mass is 10.1. The minimum absolute atomic E-state index is 0.147. The maximum absolute atomic E-state index is 13.2. The van der Waals surface area contributed by atoms with E-state index < -0.39 is 20.0 Å². The largest absolute Gasteiger partial charge is 0.497 e.